The Bertz CT molecular complexity index is 352. The molecule has 1 heterocycles. The fourth-order valence-corrected chi connectivity index (χ4v) is 1.62. The number of aryl methyl sites for hydroxylation is 1. The number of hydrogen-bond donors (Lipinski definition) is 2. The number of anilines is 1. The number of rotatable bonds is 4. The molecule has 0 bridgehead atoms. The minimum atomic E-state index is -0.188. The van der Waals surface area contributed by atoms with E-state index in [1.54, 1.807) is 7.05 Å². The van der Waals surface area contributed by atoms with E-state index in [-0.39, 0.29) is 11.9 Å². The summed E-state index contributed by atoms with van der Waals surface area (Å²) in [4.78, 5) is 13.9. The molecule has 1 amide bonds. The van der Waals surface area contributed by atoms with Gasteiger partial charge in [-0.25, -0.2) is 0 Å². The van der Waals surface area contributed by atoms with Crippen LogP contribution in [0.4, 0.5) is 5.69 Å². The van der Waals surface area contributed by atoms with Crippen LogP contribution in [0.5, 0.6) is 0 Å². The van der Waals surface area contributed by atoms with Gasteiger partial charge in [0.15, 0.2) is 0 Å². The van der Waals surface area contributed by atoms with E-state index in [4.69, 9.17) is 5.73 Å². The Kier molecular flexibility index (Phi) is 3.89. The van der Waals surface area contributed by atoms with Crippen molar-refractivity contribution in [2.45, 2.75) is 13.0 Å². The molecule has 0 fully saturated rings. The largest absolute Gasteiger partial charge is 0.396 e. The Balaban J connectivity index is 2.66. The maximum atomic E-state index is 11.9. The number of nitrogens with zero attached hydrogens (tertiary/aromatic N) is 3. The van der Waals surface area contributed by atoms with Crippen LogP contribution in [0.3, 0.4) is 0 Å². The van der Waals surface area contributed by atoms with Crippen LogP contribution in [0, 0.1) is 0 Å². The molecule has 6 nitrogen and oxygen atoms in total. The molecule has 1 aromatic rings. The lowest BCUT2D eigenvalue weighted by atomic mass is 10.3. The van der Waals surface area contributed by atoms with Crippen molar-refractivity contribution < 1.29 is 4.79 Å². The molecule has 0 aromatic carbocycles. The molecular formula is C10H19N5O. The van der Waals surface area contributed by atoms with Crippen LogP contribution in [-0.4, -0.2) is 47.3 Å². The summed E-state index contributed by atoms with van der Waals surface area (Å²) in [6, 6.07) is 0.0665. The highest BCUT2D eigenvalue weighted by Gasteiger charge is 2.16. The molecular weight excluding hydrogens is 206 g/mol. The fraction of sp³-hybridized carbons (Fsp3) is 0.600. The zero-order valence-electron chi connectivity index (χ0n) is 10.2. The molecule has 0 radical (unpaired) electrons. The van der Waals surface area contributed by atoms with Crippen LogP contribution in [0.1, 0.15) is 17.4 Å². The summed E-state index contributed by atoms with van der Waals surface area (Å²) < 4.78 is 1.48. The second kappa shape index (κ2) is 4.98. The van der Waals surface area contributed by atoms with E-state index in [2.05, 4.69) is 10.4 Å². The normalized spacial score (nSPS) is 12.8. The van der Waals surface area contributed by atoms with Crippen molar-refractivity contribution in [3.05, 3.63) is 11.9 Å². The number of hydrogen-bond acceptors (Lipinski definition) is 4. The average Bonchev–Trinajstić information content (AvgIpc) is 2.44. The first kappa shape index (κ1) is 12.5. The second-order valence-electron chi connectivity index (χ2n) is 4.21. The van der Waals surface area contributed by atoms with Gasteiger partial charge in [-0.15, -0.1) is 0 Å². The van der Waals surface area contributed by atoms with E-state index in [0.29, 0.717) is 11.4 Å². The highest BCUT2D eigenvalue weighted by atomic mass is 16.2. The number of nitrogens with one attached hydrogen (secondary N) is 1. The number of amides is 1. The van der Waals surface area contributed by atoms with Crippen molar-refractivity contribution in [1.82, 2.24) is 20.0 Å². The van der Waals surface area contributed by atoms with Crippen LogP contribution in [-0.2, 0) is 7.05 Å². The van der Waals surface area contributed by atoms with Gasteiger partial charge in [-0.1, -0.05) is 0 Å². The van der Waals surface area contributed by atoms with Crippen molar-refractivity contribution in [2.75, 3.05) is 26.4 Å². The Morgan fingerprint density at radius 3 is 2.75 bits per heavy atom. The zero-order chi connectivity index (χ0) is 12.3. The topological polar surface area (TPSA) is 76.2 Å². The van der Waals surface area contributed by atoms with Gasteiger partial charge >= 0.3 is 0 Å². The Morgan fingerprint density at radius 1 is 1.69 bits per heavy atom. The number of nitrogens with two attached hydrogens (primary N) is 1. The molecule has 1 atom stereocenters. The summed E-state index contributed by atoms with van der Waals surface area (Å²) >= 11 is 0. The van der Waals surface area contributed by atoms with Crippen LogP contribution in [0.15, 0.2) is 6.20 Å². The lowest BCUT2D eigenvalue weighted by Crippen LogP contribution is -2.40. The monoisotopic (exact) mass is 225 g/mol. The molecule has 0 aliphatic carbocycles. The third-order valence-electron chi connectivity index (χ3n) is 2.20. The summed E-state index contributed by atoms with van der Waals surface area (Å²) in [7, 11) is 5.62. The maximum Gasteiger partial charge on any atom is 0.271 e. The molecule has 0 aliphatic rings. The van der Waals surface area contributed by atoms with Crippen LogP contribution in [0.25, 0.3) is 0 Å². The van der Waals surface area contributed by atoms with Gasteiger partial charge in [-0.05, 0) is 21.0 Å². The van der Waals surface area contributed by atoms with Crippen molar-refractivity contribution >= 4 is 11.6 Å². The van der Waals surface area contributed by atoms with Crippen LogP contribution in [0.2, 0.25) is 0 Å². The van der Waals surface area contributed by atoms with Gasteiger partial charge in [0.1, 0.15) is 5.69 Å². The molecule has 0 aliphatic heterocycles. The maximum absolute atomic E-state index is 11.9. The average molecular weight is 225 g/mol. The van der Waals surface area contributed by atoms with Gasteiger partial charge in [0.05, 0.1) is 11.9 Å². The number of carbonyl (C=O) groups excluding carboxylic acids is 1. The third kappa shape index (κ3) is 2.96. The fourth-order valence-electron chi connectivity index (χ4n) is 1.62. The summed E-state index contributed by atoms with van der Waals surface area (Å²) in [6.07, 6.45) is 1.48. The van der Waals surface area contributed by atoms with Gasteiger partial charge in [-0.3, -0.25) is 9.48 Å². The first-order valence-corrected chi connectivity index (χ1v) is 5.15. The molecule has 90 valence electrons. The molecule has 0 saturated heterocycles. The smallest absolute Gasteiger partial charge is 0.271 e. The van der Waals surface area contributed by atoms with E-state index in [9.17, 15) is 4.79 Å². The summed E-state index contributed by atoms with van der Waals surface area (Å²) in [5.41, 5.74) is 6.47. The van der Waals surface area contributed by atoms with E-state index in [1.165, 1.54) is 10.9 Å². The third-order valence-corrected chi connectivity index (χ3v) is 2.20. The van der Waals surface area contributed by atoms with Crippen molar-refractivity contribution in [3.63, 3.8) is 0 Å². The summed E-state index contributed by atoms with van der Waals surface area (Å²) in [6.45, 7) is 2.73. The standard InChI is InChI=1S/C10H19N5O/c1-7(6-14(2)3)13-10(16)9-8(11)5-12-15(9)4/h5,7H,6,11H2,1-4H3,(H,13,16). The van der Waals surface area contributed by atoms with Gasteiger partial charge < -0.3 is 16.0 Å². The van der Waals surface area contributed by atoms with E-state index < -0.39 is 0 Å². The summed E-state index contributed by atoms with van der Waals surface area (Å²) in [5, 5.41) is 6.80. The Hall–Kier alpha value is -1.56. The first-order chi connectivity index (χ1) is 7.41. The predicted octanol–water partition coefficient (Wildman–Crippen LogP) is -0.318. The second-order valence-corrected chi connectivity index (χ2v) is 4.21. The van der Waals surface area contributed by atoms with Crippen LogP contribution >= 0.6 is 0 Å². The van der Waals surface area contributed by atoms with E-state index in [1.807, 2.05) is 25.9 Å². The molecule has 6 heteroatoms. The highest BCUT2D eigenvalue weighted by molar-refractivity contribution is 5.97. The predicted molar refractivity (Wildman–Crippen MR) is 63.1 cm³/mol. The number of carbonyl (C=O) groups is 1. The SMILES string of the molecule is CC(CN(C)C)NC(=O)c1c(N)cnn1C. The number of nitrogen functional groups attached to an aromatic ring is 1. The highest BCUT2D eigenvalue weighted by Crippen LogP contribution is 2.08. The molecule has 1 aromatic heterocycles. The van der Waals surface area contributed by atoms with Crippen molar-refractivity contribution in [2.24, 2.45) is 7.05 Å². The van der Waals surface area contributed by atoms with Gasteiger partial charge in [-0.2, -0.15) is 5.10 Å². The molecule has 3 N–H and O–H groups in total. The quantitative estimate of drug-likeness (QED) is 0.736. The zero-order valence-corrected chi connectivity index (χ0v) is 10.2. The lowest BCUT2D eigenvalue weighted by molar-refractivity contribution is 0.0926. The first-order valence-electron chi connectivity index (χ1n) is 5.15. The molecule has 0 saturated carbocycles. The van der Waals surface area contributed by atoms with E-state index >= 15 is 0 Å². The Labute approximate surface area is 95.4 Å². The number of likely N-dealkylation sites (N-methyl/N-ethyl adjacent to an activating group) is 1. The van der Waals surface area contributed by atoms with Gasteiger partial charge in [0, 0.05) is 19.6 Å². The molecule has 1 unspecified atom stereocenters. The lowest BCUT2D eigenvalue weighted by Gasteiger charge is -2.18. The minimum absolute atomic E-state index is 0.0665. The molecule has 16 heavy (non-hydrogen) atoms. The van der Waals surface area contributed by atoms with Gasteiger partial charge in [0.25, 0.3) is 5.91 Å². The van der Waals surface area contributed by atoms with E-state index in [0.717, 1.165) is 6.54 Å². The number of aromatic nitrogens is 2. The van der Waals surface area contributed by atoms with Crippen molar-refractivity contribution in [3.8, 4) is 0 Å². The van der Waals surface area contributed by atoms with Crippen molar-refractivity contribution in [1.29, 1.82) is 0 Å². The molecule has 1 rings (SSSR count). The Morgan fingerprint density at radius 2 is 2.31 bits per heavy atom. The molecule has 0 spiro atoms. The minimum Gasteiger partial charge on any atom is -0.396 e. The summed E-state index contributed by atoms with van der Waals surface area (Å²) in [5.74, 6) is -0.188. The van der Waals surface area contributed by atoms with Crippen LogP contribution < -0.4 is 11.1 Å². The van der Waals surface area contributed by atoms with Gasteiger partial charge in [0.2, 0.25) is 0 Å².